The Bertz CT molecular complexity index is 283. The Labute approximate surface area is 71.9 Å². The maximum atomic E-state index is 11.1. The lowest BCUT2D eigenvalue weighted by Gasteiger charge is -2.09. The first kappa shape index (κ1) is 9.47. The lowest BCUT2D eigenvalue weighted by molar-refractivity contribution is 0.601. The first-order chi connectivity index (χ1) is 5.59. The van der Waals surface area contributed by atoms with Crippen molar-refractivity contribution >= 4 is 15.7 Å². The van der Waals surface area contributed by atoms with Crippen LogP contribution < -0.4 is 11.3 Å². The van der Waals surface area contributed by atoms with Gasteiger partial charge >= 0.3 is 0 Å². The van der Waals surface area contributed by atoms with Crippen LogP contribution in [-0.2, 0) is 9.84 Å². The summed E-state index contributed by atoms with van der Waals surface area (Å²) in [5, 5.41) is 0. The third-order valence-electron chi connectivity index (χ3n) is 2.01. The summed E-state index contributed by atoms with van der Waals surface area (Å²) in [7, 11) is -1.24. The van der Waals surface area contributed by atoms with E-state index in [0.717, 1.165) is 0 Å². The van der Waals surface area contributed by atoms with E-state index in [9.17, 15) is 8.42 Å². The SMILES string of the molecule is CN=C(NN)C1CCS(=O)(=O)C1. The van der Waals surface area contributed by atoms with Crippen LogP contribution in [0.2, 0.25) is 0 Å². The van der Waals surface area contributed by atoms with E-state index in [-0.39, 0.29) is 17.4 Å². The third-order valence-corrected chi connectivity index (χ3v) is 3.78. The van der Waals surface area contributed by atoms with Gasteiger partial charge in [-0.25, -0.2) is 14.3 Å². The second kappa shape index (κ2) is 3.40. The van der Waals surface area contributed by atoms with E-state index in [2.05, 4.69) is 10.4 Å². The molecule has 0 radical (unpaired) electrons. The van der Waals surface area contributed by atoms with Crippen LogP contribution in [0.5, 0.6) is 0 Å². The number of amidine groups is 1. The monoisotopic (exact) mass is 191 g/mol. The van der Waals surface area contributed by atoms with Crippen LogP contribution in [0.1, 0.15) is 6.42 Å². The predicted molar refractivity (Wildman–Crippen MR) is 47.4 cm³/mol. The maximum absolute atomic E-state index is 11.1. The number of rotatable bonds is 1. The quantitative estimate of drug-likeness (QED) is 0.239. The fourth-order valence-corrected chi connectivity index (χ4v) is 3.12. The molecule has 70 valence electrons. The number of hydrogen-bond donors (Lipinski definition) is 2. The van der Waals surface area contributed by atoms with Gasteiger partial charge in [-0.1, -0.05) is 0 Å². The fraction of sp³-hybridized carbons (Fsp3) is 0.833. The number of nitrogens with one attached hydrogen (secondary N) is 1. The van der Waals surface area contributed by atoms with Gasteiger partial charge in [0.1, 0.15) is 5.84 Å². The van der Waals surface area contributed by atoms with Crippen molar-refractivity contribution in [3.05, 3.63) is 0 Å². The number of aliphatic imine (C=N–C) groups is 1. The molecule has 0 aromatic heterocycles. The summed E-state index contributed by atoms with van der Waals surface area (Å²) in [5.74, 6) is 6.14. The highest BCUT2D eigenvalue weighted by atomic mass is 32.2. The molecule has 1 aliphatic rings. The summed E-state index contributed by atoms with van der Waals surface area (Å²) in [6, 6.07) is 0. The van der Waals surface area contributed by atoms with Gasteiger partial charge in [0.15, 0.2) is 9.84 Å². The van der Waals surface area contributed by atoms with Crippen molar-refractivity contribution in [1.82, 2.24) is 5.43 Å². The Kier molecular flexibility index (Phi) is 2.69. The van der Waals surface area contributed by atoms with E-state index < -0.39 is 9.84 Å². The second-order valence-corrected chi connectivity index (χ2v) is 5.08. The highest BCUT2D eigenvalue weighted by molar-refractivity contribution is 7.91. The van der Waals surface area contributed by atoms with E-state index in [1.54, 1.807) is 7.05 Å². The molecule has 3 N–H and O–H groups in total. The second-order valence-electron chi connectivity index (χ2n) is 2.85. The van der Waals surface area contributed by atoms with E-state index in [4.69, 9.17) is 5.84 Å². The van der Waals surface area contributed by atoms with Gasteiger partial charge in [0.05, 0.1) is 11.5 Å². The van der Waals surface area contributed by atoms with Crippen LogP contribution in [0, 0.1) is 5.92 Å². The minimum absolute atomic E-state index is 0.0370. The number of hydrogen-bond acceptors (Lipinski definition) is 4. The highest BCUT2D eigenvalue weighted by Crippen LogP contribution is 2.18. The Morgan fingerprint density at radius 1 is 1.67 bits per heavy atom. The van der Waals surface area contributed by atoms with Gasteiger partial charge in [-0.3, -0.25) is 4.99 Å². The molecule has 1 rings (SSSR count). The molecule has 12 heavy (non-hydrogen) atoms. The van der Waals surface area contributed by atoms with Gasteiger partial charge in [-0.15, -0.1) is 0 Å². The molecule has 0 amide bonds. The van der Waals surface area contributed by atoms with Crippen LogP contribution in [0.3, 0.4) is 0 Å². The minimum atomic E-state index is -2.84. The van der Waals surface area contributed by atoms with E-state index in [1.165, 1.54) is 0 Å². The zero-order chi connectivity index (χ0) is 9.19. The molecule has 0 aromatic carbocycles. The van der Waals surface area contributed by atoms with Crippen LogP contribution >= 0.6 is 0 Å². The van der Waals surface area contributed by atoms with E-state index in [1.807, 2.05) is 0 Å². The number of nitrogens with two attached hydrogens (primary N) is 1. The first-order valence-corrected chi connectivity index (χ1v) is 5.55. The van der Waals surface area contributed by atoms with Crippen molar-refractivity contribution in [3.8, 4) is 0 Å². The van der Waals surface area contributed by atoms with Gasteiger partial charge in [0.2, 0.25) is 0 Å². The summed E-state index contributed by atoms with van der Waals surface area (Å²) >= 11 is 0. The van der Waals surface area contributed by atoms with Gasteiger partial charge < -0.3 is 5.43 Å². The molecule has 1 atom stereocenters. The maximum Gasteiger partial charge on any atom is 0.151 e. The number of hydrazine groups is 1. The molecular weight excluding hydrogens is 178 g/mol. The summed E-state index contributed by atoms with van der Waals surface area (Å²) in [5.41, 5.74) is 2.42. The highest BCUT2D eigenvalue weighted by Gasteiger charge is 2.30. The smallest absolute Gasteiger partial charge is 0.151 e. The van der Waals surface area contributed by atoms with E-state index >= 15 is 0 Å². The summed E-state index contributed by atoms with van der Waals surface area (Å²) in [6.45, 7) is 0. The van der Waals surface area contributed by atoms with Crippen LogP contribution in [0.15, 0.2) is 4.99 Å². The molecule has 1 saturated heterocycles. The van der Waals surface area contributed by atoms with Crippen molar-refractivity contribution in [1.29, 1.82) is 0 Å². The molecule has 0 aliphatic carbocycles. The summed E-state index contributed by atoms with van der Waals surface area (Å²) in [4.78, 5) is 3.87. The molecule has 1 aliphatic heterocycles. The third kappa shape index (κ3) is 1.95. The summed E-state index contributed by atoms with van der Waals surface area (Å²) in [6.07, 6.45) is 0.624. The lowest BCUT2D eigenvalue weighted by atomic mass is 10.1. The zero-order valence-corrected chi connectivity index (χ0v) is 7.76. The molecule has 5 nitrogen and oxygen atoms in total. The number of nitrogens with zero attached hydrogens (tertiary/aromatic N) is 1. The lowest BCUT2D eigenvalue weighted by Crippen LogP contribution is -2.36. The molecule has 1 unspecified atom stereocenters. The van der Waals surface area contributed by atoms with Crippen LogP contribution in [-0.4, -0.2) is 32.8 Å². The Hall–Kier alpha value is -0.620. The van der Waals surface area contributed by atoms with Gasteiger partial charge in [0, 0.05) is 13.0 Å². The van der Waals surface area contributed by atoms with E-state index in [0.29, 0.717) is 12.3 Å². The van der Waals surface area contributed by atoms with Gasteiger partial charge in [0.25, 0.3) is 0 Å². The average molecular weight is 191 g/mol. The Morgan fingerprint density at radius 3 is 2.67 bits per heavy atom. The largest absolute Gasteiger partial charge is 0.312 e. The van der Waals surface area contributed by atoms with Gasteiger partial charge in [-0.2, -0.15) is 0 Å². The fourth-order valence-electron chi connectivity index (χ4n) is 1.38. The average Bonchev–Trinajstić information content (AvgIpc) is 2.34. The van der Waals surface area contributed by atoms with Crippen molar-refractivity contribution < 1.29 is 8.42 Å². The molecule has 0 spiro atoms. The molecule has 0 saturated carbocycles. The molecular formula is C6H13N3O2S. The van der Waals surface area contributed by atoms with Crippen molar-refractivity contribution in [2.75, 3.05) is 18.6 Å². The summed E-state index contributed by atoms with van der Waals surface area (Å²) < 4.78 is 22.1. The molecule has 1 heterocycles. The van der Waals surface area contributed by atoms with Crippen LogP contribution in [0.25, 0.3) is 0 Å². The van der Waals surface area contributed by atoms with Crippen LogP contribution in [0.4, 0.5) is 0 Å². The standard InChI is InChI=1S/C6H13N3O2S/c1-8-6(9-7)5-2-3-12(10,11)4-5/h5H,2-4,7H2,1H3,(H,8,9). The molecule has 1 fully saturated rings. The minimum Gasteiger partial charge on any atom is -0.312 e. The van der Waals surface area contributed by atoms with Crippen molar-refractivity contribution in [3.63, 3.8) is 0 Å². The molecule has 0 aromatic rings. The predicted octanol–water partition coefficient (Wildman–Crippen LogP) is -1.09. The normalized spacial score (nSPS) is 28.8. The van der Waals surface area contributed by atoms with Crippen molar-refractivity contribution in [2.45, 2.75) is 6.42 Å². The zero-order valence-electron chi connectivity index (χ0n) is 6.95. The van der Waals surface area contributed by atoms with Gasteiger partial charge in [-0.05, 0) is 6.42 Å². The Morgan fingerprint density at radius 2 is 2.33 bits per heavy atom. The topological polar surface area (TPSA) is 84.5 Å². The van der Waals surface area contributed by atoms with Crippen molar-refractivity contribution in [2.24, 2.45) is 16.8 Å². The first-order valence-electron chi connectivity index (χ1n) is 3.73. The number of sulfone groups is 1. The molecule has 6 heteroatoms. The Balaban J connectivity index is 2.70. The molecule has 0 bridgehead atoms.